The van der Waals surface area contributed by atoms with E-state index in [1.807, 2.05) is 42.5 Å². The fraction of sp³-hybridized carbons (Fsp3) is 0.304. The SMILES string of the molecule is CS(=O)(=O)N(CCCN)Cc1cccc(-c2ccnc(NCCc3cccc(O)c3)n2)c1. The number of sulfonamides is 1. The average Bonchev–Trinajstić information content (AvgIpc) is 2.76. The molecule has 8 nitrogen and oxygen atoms in total. The van der Waals surface area contributed by atoms with Crippen LogP contribution in [0.25, 0.3) is 11.3 Å². The van der Waals surface area contributed by atoms with Crippen LogP contribution < -0.4 is 11.1 Å². The van der Waals surface area contributed by atoms with E-state index in [0.717, 1.165) is 28.8 Å². The van der Waals surface area contributed by atoms with Crippen molar-refractivity contribution in [2.24, 2.45) is 5.73 Å². The molecule has 0 aliphatic heterocycles. The van der Waals surface area contributed by atoms with Crippen molar-refractivity contribution < 1.29 is 13.5 Å². The standard InChI is InChI=1S/C23H29N5O3S/c1-32(30,31)28(14-4-11-24)17-19-6-2-7-20(15-19)22-10-13-26-23(27-22)25-12-9-18-5-3-8-21(29)16-18/h2-3,5-8,10,13,15-16,29H,4,9,11-12,14,17,24H2,1H3,(H,25,26,27). The Balaban J connectivity index is 1.69. The van der Waals surface area contributed by atoms with Crippen molar-refractivity contribution in [3.63, 3.8) is 0 Å². The van der Waals surface area contributed by atoms with E-state index < -0.39 is 10.0 Å². The van der Waals surface area contributed by atoms with E-state index in [1.165, 1.54) is 10.6 Å². The van der Waals surface area contributed by atoms with Gasteiger partial charge in [0.05, 0.1) is 11.9 Å². The quantitative estimate of drug-likeness (QED) is 0.406. The third kappa shape index (κ3) is 7.01. The van der Waals surface area contributed by atoms with Crippen LogP contribution in [0.15, 0.2) is 60.8 Å². The molecule has 0 spiro atoms. The van der Waals surface area contributed by atoms with Gasteiger partial charge in [-0.25, -0.2) is 18.4 Å². The molecule has 3 aromatic rings. The summed E-state index contributed by atoms with van der Waals surface area (Å²) in [6, 6.07) is 16.6. The molecule has 2 aromatic carbocycles. The number of aromatic hydroxyl groups is 1. The van der Waals surface area contributed by atoms with Crippen molar-refractivity contribution in [2.45, 2.75) is 19.4 Å². The zero-order valence-electron chi connectivity index (χ0n) is 18.1. The van der Waals surface area contributed by atoms with Crippen LogP contribution in [-0.4, -0.2) is 53.7 Å². The number of nitrogens with one attached hydrogen (secondary N) is 1. The zero-order valence-corrected chi connectivity index (χ0v) is 18.9. The van der Waals surface area contributed by atoms with Crippen molar-refractivity contribution in [1.82, 2.24) is 14.3 Å². The summed E-state index contributed by atoms with van der Waals surface area (Å²) in [7, 11) is -3.33. The summed E-state index contributed by atoms with van der Waals surface area (Å²) in [5, 5.41) is 12.8. The van der Waals surface area contributed by atoms with Crippen LogP contribution in [0, 0.1) is 0 Å². The van der Waals surface area contributed by atoms with Gasteiger partial charge in [-0.2, -0.15) is 4.31 Å². The molecule has 1 heterocycles. The van der Waals surface area contributed by atoms with Gasteiger partial charge in [-0.05, 0) is 54.8 Å². The maximum atomic E-state index is 12.1. The van der Waals surface area contributed by atoms with Crippen LogP contribution in [0.3, 0.4) is 0 Å². The number of anilines is 1. The molecule has 32 heavy (non-hydrogen) atoms. The molecule has 0 unspecified atom stereocenters. The Bertz CT molecular complexity index is 1140. The summed E-state index contributed by atoms with van der Waals surface area (Å²) in [6.45, 7) is 1.73. The molecule has 0 saturated carbocycles. The van der Waals surface area contributed by atoms with Crippen molar-refractivity contribution in [3.8, 4) is 17.0 Å². The molecule has 9 heteroatoms. The summed E-state index contributed by atoms with van der Waals surface area (Å²) in [4.78, 5) is 8.87. The molecule has 4 N–H and O–H groups in total. The fourth-order valence-electron chi connectivity index (χ4n) is 3.30. The highest BCUT2D eigenvalue weighted by atomic mass is 32.2. The van der Waals surface area contributed by atoms with Gasteiger partial charge in [-0.15, -0.1) is 0 Å². The molecule has 3 rings (SSSR count). The molecule has 0 aliphatic rings. The van der Waals surface area contributed by atoms with E-state index >= 15 is 0 Å². The monoisotopic (exact) mass is 455 g/mol. The maximum absolute atomic E-state index is 12.1. The highest BCUT2D eigenvalue weighted by Gasteiger charge is 2.16. The molecule has 0 aliphatic carbocycles. The average molecular weight is 456 g/mol. The first-order chi connectivity index (χ1) is 15.3. The highest BCUT2D eigenvalue weighted by Crippen LogP contribution is 2.21. The fourth-order valence-corrected chi connectivity index (χ4v) is 4.14. The number of hydrogen-bond acceptors (Lipinski definition) is 7. The third-order valence-corrected chi connectivity index (χ3v) is 6.17. The first kappa shape index (κ1) is 23.6. The van der Waals surface area contributed by atoms with E-state index in [-0.39, 0.29) is 12.3 Å². The minimum absolute atomic E-state index is 0.248. The summed E-state index contributed by atoms with van der Waals surface area (Å²) < 4.78 is 25.6. The predicted molar refractivity (Wildman–Crippen MR) is 127 cm³/mol. The Kier molecular flexibility index (Phi) is 8.15. The van der Waals surface area contributed by atoms with Gasteiger partial charge in [-0.1, -0.05) is 30.3 Å². The number of aromatic nitrogens is 2. The van der Waals surface area contributed by atoms with E-state index in [2.05, 4.69) is 15.3 Å². The molecule has 0 bridgehead atoms. The molecule has 0 amide bonds. The second-order valence-electron chi connectivity index (χ2n) is 7.55. The number of phenols is 1. The lowest BCUT2D eigenvalue weighted by atomic mass is 10.1. The lowest BCUT2D eigenvalue weighted by molar-refractivity contribution is 0.405. The van der Waals surface area contributed by atoms with Crippen LogP contribution in [0.5, 0.6) is 5.75 Å². The van der Waals surface area contributed by atoms with Gasteiger partial charge in [0.1, 0.15) is 5.75 Å². The zero-order chi connectivity index (χ0) is 23.0. The summed E-state index contributed by atoms with van der Waals surface area (Å²) in [5.74, 6) is 0.756. The summed E-state index contributed by atoms with van der Waals surface area (Å²) >= 11 is 0. The number of nitrogens with zero attached hydrogens (tertiary/aromatic N) is 3. The second kappa shape index (κ2) is 11.0. The van der Waals surface area contributed by atoms with Gasteiger partial charge in [0.25, 0.3) is 0 Å². The van der Waals surface area contributed by atoms with Crippen molar-refractivity contribution in [3.05, 3.63) is 71.9 Å². The highest BCUT2D eigenvalue weighted by molar-refractivity contribution is 7.88. The normalized spacial score (nSPS) is 11.6. The third-order valence-electron chi connectivity index (χ3n) is 4.93. The van der Waals surface area contributed by atoms with Gasteiger partial charge in [0.2, 0.25) is 16.0 Å². The lowest BCUT2D eigenvalue weighted by Gasteiger charge is -2.20. The van der Waals surface area contributed by atoms with Crippen LogP contribution in [0.4, 0.5) is 5.95 Å². The molecular formula is C23H29N5O3S. The molecule has 0 saturated heterocycles. The van der Waals surface area contributed by atoms with Gasteiger partial charge in [0.15, 0.2) is 0 Å². The van der Waals surface area contributed by atoms with Gasteiger partial charge < -0.3 is 16.2 Å². The molecular weight excluding hydrogens is 426 g/mol. The van der Waals surface area contributed by atoms with Crippen LogP contribution in [0.1, 0.15) is 17.5 Å². The Morgan fingerprint density at radius 3 is 2.62 bits per heavy atom. The minimum atomic E-state index is -3.33. The lowest BCUT2D eigenvalue weighted by Crippen LogP contribution is -2.31. The van der Waals surface area contributed by atoms with Crippen LogP contribution >= 0.6 is 0 Å². The largest absolute Gasteiger partial charge is 0.508 e. The number of rotatable bonds is 11. The molecule has 0 fully saturated rings. The summed E-state index contributed by atoms with van der Waals surface area (Å²) in [5.41, 5.74) is 9.07. The van der Waals surface area contributed by atoms with Crippen molar-refractivity contribution >= 4 is 16.0 Å². The Labute approximate surface area is 189 Å². The summed E-state index contributed by atoms with van der Waals surface area (Å²) in [6.07, 6.45) is 4.24. The number of phenolic OH excluding ortho intramolecular Hbond substituents is 1. The van der Waals surface area contributed by atoms with E-state index in [9.17, 15) is 13.5 Å². The molecule has 0 radical (unpaired) electrons. The van der Waals surface area contributed by atoms with Crippen molar-refractivity contribution in [2.75, 3.05) is 31.2 Å². The number of nitrogens with two attached hydrogens (primary N) is 1. The van der Waals surface area contributed by atoms with Crippen LogP contribution in [-0.2, 0) is 23.0 Å². The Morgan fingerprint density at radius 2 is 1.88 bits per heavy atom. The van der Waals surface area contributed by atoms with Crippen molar-refractivity contribution in [1.29, 1.82) is 0 Å². The van der Waals surface area contributed by atoms with E-state index in [1.54, 1.807) is 18.3 Å². The first-order valence-electron chi connectivity index (χ1n) is 10.4. The first-order valence-corrected chi connectivity index (χ1v) is 12.3. The van der Waals surface area contributed by atoms with E-state index in [4.69, 9.17) is 5.73 Å². The van der Waals surface area contributed by atoms with Gasteiger partial charge in [-0.3, -0.25) is 0 Å². The predicted octanol–water partition coefficient (Wildman–Crippen LogP) is 2.61. The smallest absolute Gasteiger partial charge is 0.223 e. The topological polar surface area (TPSA) is 121 Å². The number of benzene rings is 2. The van der Waals surface area contributed by atoms with Gasteiger partial charge in [0, 0.05) is 31.4 Å². The van der Waals surface area contributed by atoms with E-state index in [0.29, 0.717) is 32.0 Å². The molecule has 1 aromatic heterocycles. The van der Waals surface area contributed by atoms with Gasteiger partial charge >= 0.3 is 0 Å². The Hall–Kier alpha value is -3.01. The maximum Gasteiger partial charge on any atom is 0.223 e. The minimum Gasteiger partial charge on any atom is -0.508 e. The molecule has 0 atom stereocenters. The number of hydrogen-bond donors (Lipinski definition) is 3. The second-order valence-corrected chi connectivity index (χ2v) is 9.53. The Morgan fingerprint density at radius 1 is 1.09 bits per heavy atom. The molecule has 170 valence electrons. The van der Waals surface area contributed by atoms with Crippen LogP contribution in [0.2, 0.25) is 0 Å².